The molecule has 1 saturated carbocycles. The Kier molecular flexibility index (Phi) is 4.22. The number of rotatable bonds is 5. The van der Waals surface area contributed by atoms with E-state index in [0.29, 0.717) is 6.10 Å². The van der Waals surface area contributed by atoms with Crippen LogP contribution >= 0.6 is 0 Å². The molecule has 2 rings (SSSR count). The van der Waals surface area contributed by atoms with E-state index < -0.39 is 0 Å². The molecule has 0 aromatic rings. The van der Waals surface area contributed by atoms with E-state index in [2.05, 4.69) is 12.2 Å². The lowest BCUT2D eigenvalue weighted by molar-refractivity contribution is -0.202. The van der Waals surface area contributed by atoms with Gasteiger partial charge in [-0.25, -0.2) is 0 Å². The Morgan fingerprint density at radius 3 is 2.44 bits per heavy atom. The Morgan fingerprint density at radius 2 is 2.00 bits per heavy atom. The van der Waals surface area contributed by atoms with Crippen molar-refractivity contribution in [2.45, 2.75) is 50.7 Å². The summed E-state index contributed by atoms with van der Waals surface area (Å²) in [6.45, 7) is 4.88. The standard InChI is InChI=1S/C13H25NO2/c1-3-11-4-6-13(7-5-11,10-14-2)16-12-8-15-9-12/h11-12,14H,3-10H2,1-2H3. The summed E-state index contributed by atoms with van der Waals surface area (Å²) in [5, 5.41) is 3.30. The third-order valence-corrected chi connectivity index (χ3v) is 4.12. The van der Waals surface area contributed by atoms with Gasteiger partial charge in [-0.3, -0.25) is 0 Å². The first-order chi connectivity index (χ1) is 7.78. The highest BCUT2D eigenvalue weighted by Gasteiger charge is 2.38. The average molecular weight is 227 g/mol. The Labute approximate surface area is 98.9 Å². The summed E-state index contributed by atoms with van der Waals surface area (Å²) in [5.74, 6) is 0.922. The summed E-state index contributed by atoms with van der Waals surface area (Å²) in [5.41, 5.74) is 0.0921. The van der Waals surface area contributed by atoms with E-state index in [1.54, 1.807) is 0 Å². The molecule has 2 fully saturated rings. The molecule has 0 bridgehead atoms. The first-order valence-electron chi connectivity index (χ1n) is 6.68. The van der Waals surface area contributed by atoms with Gasteiger partial charge >= 0.3 is 0 Å². The molecule has 0 amide bonds. The lowest BCUT2D eigenvalue weighted by atomic mass is 9.77. The first-order valence-corrected chi connectivity index (χ1v) is 6.68. The van der Waals surface area contributed by atoms with Gasteiger partial charge in [-0.2, -0.15) is 0 Å². The van der Waals surface area contributed by atoms with Crippen LogP contribution in [0, 0.1) is 5.92 Å². The van der Waals surface area contributed by atoms with Crippen molar-refractivity contribution in [1.82, 2.24) is 5.32 Å². The van der Waals surface area contributed by atoms with E-state index in [0.717, 1.165) is 25.7 Å². The normalized spacial score (nSPS) is 36.0. The van der Waals surface area contributed by atoms with Crippen molar-refractivity contribution in [3.05, 3.63) is 0 Å². The van der Waals surface area contributed by atoms with Crippen LogP contribution in [-0.4, -0.2) is 38.5 Å². The summed E-state index contributed by atoms with van der Waals surface area (Å²) in [7, 11) is 2.02. The van der Waals surface area contributed by atoms with Crippen LogP contribution in [0.15, 0.2) is 0 Å². The molecule has 0 atom stereocenters. The second-order valence-corrected chi connectivity index (χ2v) is 5.34. The lowest BCUT2D eigenvalue weighted by Gasteiger charge is -2.44. The molecule has 0 spiro atoms. The third kappa shape index (κ3) is 2.76. The predicted molar refractivity (Wildman–Crippen MR) is 64.6 cm³/mol. The van der Waals surface area contributed by atoms with Gasteiger partial charge < -0.3 is 14.8 Å². The lowest BCUT2D eigenvalue weighted by Crippen LogP contribution is -2.51. The molecule has 3 nitrogen and oxygen atoms in total. The monoisotopic (exact) mass is 227 g/mol. The third-order valence-electron chi connectivity index (χ3n) is 4.12. The van der Waals surface area contributed by atoms with E-state index in [1.807, 2.05) is 7.05 Å². The van der Waals surface area contributed by atoms with E-state index in [-0.39, 0.29) is 5.60 Å². The summed E-state index contributed by atoms with van der Waals surface area (Å²) in [6, 6.07) is 0. The molecule has 0 unspecified atom stereocenters. The molecule has 0 aromatic heterocycles. The largest absolute Gasteiger partial charge is 0.376 e. The van der Waals surface area contributed by atoms with Gasteiger partial charge in [0.25, 0.3) is 0 Å². The predicted octanol–water partition coefficient (Wildman–Crippen LogP) is 1.96. The maximum Gasteiger partial charge on any atom is 0.105 e. The SMILES string of the molecule is CCC1CCC(CNC)(OC2COC2)CC1. The topological polar surface area (TPSA) is 30.5 Å². The van der Waals surface area contributed by atoms with Gasteiger partial charge in [-0.15, -0.1) is 0 Å². The van der Waals surface area contributed by atoms with Crippen LogP contribution in [0.3, 0.4) is 0 Å². The zero-order valence-corrected chi connectivity index (χ0v) is 10.6. The van der Waals surface area contributed by atoms with Gasteiger partial charge in [0.05, 0.1) is 18.8 Å². The number of hydrogen-bond acceptors (Lipinski definition) is 3. The van der Waals surface area contributed by atoms with Crippen LogP contribution in [0.1, 0.15) is 39.0 Å². The second-order valence-electron chi connectivity index (χ2n) is 5.34. The minimum atomic E-state index is 0.0921. The first kappa shape index (κ1) is 12.3. The summed E-state index contributed by atoms with van der Waals surface area (Å²) < 4.78 is 11.5. The maximum absolute atomic E-state index is 6.26. The van der Waals surface area contributed by atoms with Gasteiger partial charge in [-0.1, -0.05) is 13.3 Å². The Morgan fingerprint density at radius 1 is 1.31 bits per heavy atom. The van der Waals surface area contributed by atoms with Crippen molar-refractivity contribution in [3.63, 3.8) is 0 Å². The fourth-order valence-corrected chi connectivity index (χ4v) is 2.91. The molecule has 1 aliphatic heterocycles. The van der Waals surface area contributed by atoms with Crippen molar-refractivity contribution >= 4 is 0 Å². The average Bonchev–Trinajstić information content (AvgIpc) is 2.26. The fraction of sp³-hybridized carbons (Fsp3) is 1.00. The molecular formula is C13H25NO2. The molecule has 1 saturated heterocycles. The van der Waals surface area contributed by atoms with Gasteiger partial charge in [-0.05, 0) is 38.6 Å². The van der Waals surface area contributed by atoms with Gasteiger partial charge in [0, 0.05) is 6.54 Å². The summed E-state index contributed by atoms with van der Waals surface area (Å²) in [4.78, 5) is 0. The van der Waals surface area contributed by atoms with Crippen LogP contribution in [0.2, 0.25) is 0 Å². The van der Waals surface area contributed by atoms with Crippen LogP contribution < -0.4 is 5.32 Å². The molecule has 0 radical (unpaired) electrons. The van der Waals surface area contributed by atoms with Crippen LogP contribution in [0.5, 0.6) is 0 Å². The molecular weight excluding hydrogens is 202 g/mol. The maximum atomic E-state index is 6.26. The highest BCUT2D eigenvalue weighted by molar-refractivity contribution is 4.90. The van der Waals surface area contributed by atoms with E-state index in [9.17, 15) is 0 Å². The molecule has 1 N–H and O–H groups in total. The summed E-state index contributed by atoms with van der Waals surface area (Å²) >= 11 is 0. The summed E-state index contributed by atoms with van der Waals surface area (Å²) in [6.07, 6.45) is 6.75. The van der Waals surface area contributed by atoms with Crippen molar-refractivity contribution in [2.24, 2.45) is 5.92 Å². The Balaban J connectivity index is 1.88. The molecule has 94 valence electrons. The number of hydrogen-bond donors (Lipinski definition) is 1. The number of likely N-dealkylation sites (N-methyl/N-ethyl adjacent to an activating group) is 1. The molecule has 1 heterocycles. The highest BCUT2D eigenvalue weighted by atomic mass is 16.6. The Hall–Kier alpha value is -0.120. The van der Waals surface area contributed by atoms with Gasteiger partial charge in [0.15, 0.2) is 0 Å². The van der Waals surface area contributed by atoms with Gasteiger partial charge in [0.2, 0.25) is 0 Å². The van der Waals surface area contributed by atoms with Crippen LogP contribution in [0.25, 0.3) is 0 Å². The minimum Gasteiger partial charge on any atom is -0.376 e. The Bertz CT molecular complexity index is 208. The van der Waals surface area contributed by atoms with Crippen molar-refractivity contribution in [2.75, 3.05) is 26.8 Å². The number of ether oxygens (including phenoxy) is 2. The van der Waals surface area contributed by atoms with Crippen molar-refractivity contribution < 1.29 is 9.47 Å². The molecule has 16 heavy (non-hydrogen) atoms. The quantitative estimate of drug-likeness (QED) is 0.779. The van der Waals surface area contributed by atoms with Crippen molar-refractivity contribution in [3.8, 4) is 0 Å². The molecule has 3 heteroatoms. The molecule has 0 aromatic carbocycles. The minimum absolute atomic E-state index is 0.0921. The zero-order chi connectivity index (χ0) is 11.4. The van der Waals surface area contributed by atoms with Crippen LogP contribution in [-0.2, 0) is 9.47 Å². The smallest absolute Gasteiger partial charge is 0.105 e. The van der Waals surface area contributed by atoms with E-state index in [4.69, 9.17) is 9.47 Å². The van der Waals surface area contributed by atoms with E-state index >= 15 is 0 Å². The highest BCUT2D eigenvalue weighted by Crippen LogP contribution is 2.37. The van der Waals surface area contributed by atoms with Crippen molar-refractivity contribution in [1.29, 1.82) is 0 Å². The second kappa shape index (κ2) is 5.48. The molecule has 1 aliphatic carbocycles. The van der Waals surface area contributed by atoms with E-state index in [1.165, 1.54) is 32.1 Å². The van der Waals surface area contributed by atoms with Crippen LogP contribution in [0.4, 0.5) is 0 Å². The fourth-order valence-electron chi connectivity index (χ4n) is 2.91. The number of nitrogens with one attached hydrogen (secondary N) is 1. The molecule has 2 aliphatic rings. The van der Waals surface area contributed by atoms with Gasteiger partial charge in [0.1, 0.15) is 6.10 Å². The zero-order valence-electron chi connectivity index (χ0n) is 10.6.